The Balaban J connectivity index is 2.12. The molecule has 0 aliphatic carbocycles. The fourth-order valence-corrected chi connectivity index (χ4v) is 1.89. The van der Waals surface area contributed by atoms with Crippen molar-refractivity contribution in [3.63, 3.8) is 0 Å². The Bertz CT molecular complexity index is 561. The standard InChI is InChI=1S/C14H18ClN5/c1-3-4-9-20(2)14-18-13(10-16-19-14)17-12-8-6-5-7-11(12)15/h5-8,10H,3-4,9H2,1-2H3,(H,17,18,19). The third kappa shape index (κ3) is 3.81. The van der Waals surface area contributed by atoms with Crippen molar-refractivity contribution in [1.29, 1.82) is 0 Å². The number of para-hydroxylation sites is 1. The molecule has 0 saturated heterocycles. The largest absolute Gasteiger partial charge is 0.343 e. The van der Waals surface area contributed by atoms with Gasteiger partial charge in [0.2, 0.25) is 5.95 Å². The molecule has 1 heterocycles. The lowest BCUT2D eigenvalue weighted by Crippen LogP contribution is -2.21. The molecule has 0 radical (unpaired) electrons. The average Bonchev–Trinajstić information content (AvgIpc) is 2.47. The zero-order chi connectivity index (χ0) is 14.4. The Morgan fingerprint density at radius 3 is 2.85 bits per heavy atom. The van der Waals surface area contributed by atoms with Gasteiger partial charge in [-0.3, -0.25) is 0 Å². The van der Waals surface area contributed by atoms with E-state index in [2.05, 4.69) is 27.4 Å². The number of unbranched alkanes of at least 4 members (excludes halogenated alkanes) is 1. The van der Waals surface area contributed by atoms with Gasteiger partial charge in [-0.15, -0.1) is 5.10 Å². The van der Waals surface area contributed by atoms with Gasteiger partial charge < -0.3 is 10.2 Å². The Morgan fingerprint density at radius 2 is 2.10 bits per heavy atom. The van der Waals surface area contributed by atoms with E-state index in [4.69, 9.17) is 11.6 Å². The van der Waals surface area contributed by atoms with Gasteiger partial charge in [0.05, 0.1) is 16.9 Å². The maximum atomic E-state index is 6.11. The molecule has 0 aliphatic rings. The minimum atomic E-state index is 0.607. The fourth-order valence-electron chi connectivity index (χ4n) is 1.71. The molecule has 1 aromatic heterocycles. The topological polar surface area (TPSA) is 53.9 Å². The summed E-state index contributed by atoms with van der Waals surface area (Å²) in [6.07, 6.45) is 3.82. The number of nitrogens with one attached hydrogen (secondary N) is 1. The third-order valence-electron chi connectivity index (χ3n) is 2.87. The van der Waals surface area contributed by atoms with Crippen LogP contribution < -0.4 is 10.2 Å². The van der Waals surface area contributed by atoms with Crippen molar-refractivity contribution in [2.24, 2.45) is 0 Å². The van der Waals surface area contributed by atoms with Crippen LogP contribution in [0.1, 0.15) is 19.8 Å². The lowest BCUT2D eigenvalue weighted by molar-refractivity contribution is 0.741. The monoisotopic (exact) mass is 291 g/mol. The Hall–Kier alpha value is -1.88. The molecule has 6 heteroatoms. The first kappa shape index (κ1) is 14.5. The van der Waals surface area contributed by atoms with Gasteiger partial charge in [-0.1, -0.05) is 37.1 Å². The first-order valence-electron chi connectivity index (χ1n) is 6.63. The van der Waals surface area contributed by atoms with Crippen molar-refractivity contribution >= 4 is 29.1 Å². The quantitative estimate of drug-likeness (QED) is 0.883. The molecule has 0 saturated carbocycles. The Kier molecular flexibility index (Phi) is 5.12. The number of rotatable bonds is 6. The highest BCUT2D eigenvalue weighted by Crippen LogP contribution is 2.23. The van der Waals surface area contributed by atoms with E-state index in [0.29, 0.717) is 16.8 Å². The van der Waals surface area contributed by atoms with Crippen LogP contribution in [0.4, 0.5) is 17.5 Å². The first-order valence-corrected chi connectivity index (χ1v) is 7.01. The minimum absolute atomic E-state index is 0.607. The van der Waals surface area contributed by atoms with Gasteiger partial charge in [0.1, 0.15) is 0 Å². The van der Waals surface area contributed by atoms with Crippen LogP contribution in [0, 0.1) is 0 Å². The molecule has 0 amide bonds. The van der Waals surface area contributed by atoms with Gasteiger partial charge in [0, 0.05) is 13.6 Å². The highest BCUT2D eigenvalue weighted by molar-refractivity contribution is 6.33. The van der Waals surface area contributed by atoms with Crippen LogP contribution in [0.5, 0.6) is 0 Å². The van der Waals surface area contributed by atoms with E-state index in [9.17, 15) is 0 Å². The van der Waals surface area contributed by atoms with Gasteiger partial charge in [0.25, 0.3) is 0 Å². The molecule has 0 aliphatic heterocycles. The van der Waals surface area contributed by atoms with Crippen molar-refractivity contribution in [2.75, 3.05) is 23.8 Å². The van der Waals surface area contributed by atoms with Gasteiger partial charge >= 0.3 is 0 Å². The zero-order valence-electron chi connectivity index (χ0n) is 11.7. The smallest absolute Gasteiger partial charge is 0.247 e. The molecular weight excluding hydrogens is 274 g/mol. The SMILES string of the molecule is CCCCN(C)c1nncc(Nc2ccccc2Cl)n1. The van der Waals surface area contributed by atoms with Crippen LogP contribution in [0.25, 0.3) is 0 Å². The summed E-state index contributed by atoms with van der Waals surface area (Å²) in [4.78, 5) is 6.44. The molecule has 1 N–H and O–H groups in total. The van der Waals surface area contributed by atoms with E-state index in [-0.39, 0.29) is 0 Å². The molecule has 0 bridgehead atoms. The fraction of sp³-hybridized carbons (Fsp3) is 0.357. The number of nitrogens with zero attached hydrogens (tertiary/aromatic N) is 4. The van der Waals surface area contributed by atoms with E-state index in [0.717, 1.165) is 25.1 Å². The van der Waals surface area contributed by atoms with Gasteiger partial charge in [-0.2, -0.15) is 10.1 Å². The summed E-state index contributed by atoms with van der Waals surface area (Å²) in [5, 5.41) is 11.8. The maximum Gasteiger partial charge on any atom is 0.247 e. The number of benzene rings is 1. The molecule has 2 aromatic rings. The summed E-state index contributed by atoms with van der Waals surface area (Å²) in [6, 6.07) is 7.52. The molecule has 2 rings (SSSR count). The van der Waals surface area contributed by atoms with Crippen LogP contribution in [-0.4, -0.2) is 28.8 Å². The number of halogens is 1. The molecular formula is C14H18ClN5. The summed E-state index contributed by atoms with van der Waals surface area (Å²) >= 11 is 6.11. The summed E-state index contributed by atoms with van der Waals surface area (Å²) in [6.45, 7) is 3.07. The van der Waals surface area contributed by atoms with E-state index in [1.807, 2.05) is 36.2 Å². The van der Waals surface area contributed by atoms with E-state index >= 15 is 0 Å². The number of anilines is 3. The molecule has 0 spiro atoms. The summed E-state index contributed by atoms with van der Waals surface area (Å²) in [5.74, 6) is 1.24. The van der Waals surface area contributed by atoms with Crippen molar-refractivity contribution in [3.8, 4) is 0 Å². The highest BCUT2D eigenvalue weighted by Gasteiger charge is 2.07. The molecule has 0 unspecified atom stereocenters. The molecule has 20 heavy (non-hydrogen) atoms. The highest BCUT2D eigenvalue weighted by atomic mass is 35.5. The van der Waals surface area contributed by atoms with Crippen molar-refractivity contribution < 1.29 is 0 Å². The normalized spacial score (nSPS) is 10.3. The Morgan fingerprint density at radius 1 is 1.30 bits per heavy atom. The predicted molar refractivity (Wildman–Crippen MR) is 82.7 cm³/mol. The maximum absolute atomic E-state index is 6.11. The van der Waals surface area contributed by atoms with Crippen LogP contribution >= 0.6 is 11.6 Å². The predicted octanol–water partition coefficient (Wildman–Crippen LogP) is 3.50. The average molecular weight is 292 g/mol. The minimum Gasteiger partial charge on any atom is -0.343 e. The molecule has 1 aromatic carbocycles. The molecule has 0 fully saturated rings. The lowest BCUT2D eigenvalue weighted by Gasteiger charge is -2.16. The van der Waals surface area contributed by atoms with Crippen LogP contribution in [0.3, 0.4) is 0 Å². The van der Waals surface area contributed by atoms with E-state index in [1.54, 1.807) is 6.20 Å². The van der Waals surface area contributed by atoms with Gasteiger partial charge in [-0.05, 0) is 18.6 Å². The summed E-state index contributed by atoms with van der Waals surface area (Å²) < 4.78 is 0. The lowest BCUT2D eigenvalue weighted by atomic mass is 10.3. The van der Waals surface area contributed by atoms with Gasteiger partial charge in [-0.25, -0.2) is 0 Å². The number of hydrogen-bond acceptors (Lipinski definition) is 5. The second-order valence-corrected chi connectivity index (χ2v) is 4.93. The van der Waals surface area contributed by atoms with Crippen LogP contribution in [0.15, 0.2) is 30.5 Å². The number of hydrogen-bond donors (Lipinski definition) is 1. The zero-order valence-corrected chi connectivity index (χ0v) is 12.4. The second-order valence-electron chi connectivity index (χ2n) is 4.52. The second kappa shape index (κ2) is 7.05. The van der Waals surface area contributed by atoms with Crippen LogP contribution in [0.2, 0.25) is 5.02 Å². The summed E-state index contributed by atoms with van der Waals surface area (Å²) in [5.41, 5.74) is 0.803. The molecule has 0 atom stereocenters. The van der Waals surface area contributed by atoms with E-state index in [1.165, 1.54) is 0 Å². The molecule has 106 valence electrons. The van der Waals surface area contributed by atoms with Gasteiger partial charge in [0.15, 0.2) is 5.82 Å². The van der Waals surface area contributed by atoms with Crippen molar-refractivity contribution in [3.05, 3.63) is 35.5 Å². The van der Waals surface area contributed by atoms with Crippen molar-refractivity contribution in [1.82, 2.24) is 15.2 Å². The Labute approximate surface area is 124 Å². The third-order valence-corrected chi connectivity index (χ3v) is 3.20. The van der Waals surface area contributed by atoms with Crippen molar-refractivity contribution in [2.45, 2.75) is 19.8 Å². The van der Waals surface area contributed by atoms with Crippen LogP contribution in [-0.2, 0) is 0 Å². The first-order chi connectivity index (χ1) is 9.70. The summed E-state index contributed by atoms with van der Waals surface area (Å²) in [7, 11) is 1.96. The molecule has 5 nitrogen and oxygen atoms in total. The number of aromatic nitrogens is 3. The van der Waals surface area contributed by atoms with E-state index < -0.39 is 0 Å².